The third-order valence-corrected chi connectivity index (χ3v) is 4.88. The number of carbonyl (C=O) groups is 3. The molecule has 0 aromatic heterocycles. The highest BCUT2D eigenvalue weighted by atomic mass is 16.5. The first-order chi connectivity index (χ1) is 11.8. The van der Waals surface area contributed by atoms with Gasteiger partial charge in [0.05, 0.1) is 5.41 Å². The second-order valence-corrected chi connectivity index (χ2v) is 7.36. The number of ether oxygens (including phenoxy) is 2. The molecule has 144 valence electrons. The van der Waals surface area contributed by atoms with Crippen LogP contribution in [0, 0.1) is 10.8 Å². The molecule has 1 fully saturated rings. The lowest BCUT2D eigenvalue weighted by Crippen LogP contribution is -2.56. The van der Waals surface area contributed by atoms with Crippen molar-refractivity contribution >= 4 is 17.9 Å². The summed E-state index contributed by atoms with van der Waals surface area (Å²) in [5, 5.41) is 9.65. The van der Waals surface area contributed by atoms with Gasteiger partial charge in [0.2, 0.25) is 0 Å². The van der Waals surface area contributed by atoms with Crippen LogP contribution < -0.4 is 0 Å². The standard InChI is InChI=1S/C19H32O6/c1-4-7-10-19(17(22)23)11-18(12-19,13-24-15(20)8-5-2)14-25-16(21)9-6-3/h4-14H2,1-3H3,(H,22,23). The van der Waals surface area contributed by atoms with E-state index >= 15 is 0 Å². The minimum atomic E-state index is -0.809. The van der Waals surface area contributed by atoms with Gasteiger partial charge >= 0.3 is 17.9 Å². The van der Waals surface area contributed by atoms with E-state index in [1.165, 1.54) is 0 Å². The first-order valence-electron chi connectivity index (χ1n) is 9.37. The van der Waals surface area contributed by atoms with E-state index in [1.54, 1.807) is 0 Å². The summed E-state index contributed by atoms with van der Waals surface area (Å²) in [6, 6.07) is 0. The number of carboxylic acids is 1. The number of hydrogen-bond donors (Lipinski definition) is 1. The van der Waals surface area contributed by atoms with E-state index in [4.69, 9.17) is 9.47 Å². The number of aliphatic carboxylic acids is 1. The van der Waals surface area contributed by atoms with Crippen LogP contribution in [0.2, 0.25) is 0 Å². The summed E-state index contributed by atoms with van der Waals surface area (Å²) in [6.07, 6.45) is 5.22. The Balaban J connectivity index is 2.74. The van der Waals surface area contributed by atoms with Gasteiger partial charge in [-0.1, -0.05) is 33.6 Å². The Kier molecular flexibility index (Phi) is 8.39. The summed E-state index contributed by atoms with van der Waals surface area (Å²) >= 11 is 0. The minimum absolute atomic E-state index is 0.117. The van der Waals surface area contributed by atoms with Gasteiger partial charge < -0.3 is 14.6 Å². The molecule has 1 N–H and O–H groups in total. The van der Waals surface area contributed by atoms with Crippen molar-refractivity contribution < 1.29 is 29.0 Å². The van der Waals surface area contributed by atoms with E-state index in [0.717, 1.165) is 12.8 Å². The molecule has 6 nitrogen and oxygen atoms in total. The average molecular weight is 356 g/mol. The van der Waals surface area contributed by atoms with Crippen molar-refractivity contribution in [1.82, 2.24) is 0 Å². The predicted octanol–water partition coefficient (Wildman–Crippen LogP) is 3.71. The van der Waals surface area contributed by atoms with Gasteiger partial charge in [0.1, 0.15) is 13.2 Å². The number of unbranched alkanes of at least 4 members (excludes halogenated alkanes) is 1. The van der Waals surface area contributed by atoms with E-state index < -0.39 is 16.8 Å². The molecule has 6 heteroatoms. The number of hydrogen-bond acceptors (Lipinski definition) is 5. The molecule has 1 rings (SSSR count). The summed E-state index contributed by atoms with van der Waals surface area (Å²) in [6.45, 7) is 6.06. The minimum Gasteiger partial charge on any atom is -0.481 e. The van der Waals surface area contributed by atoms with Crippen molar-refractivity contribution in [3.63, 3.8) is 0 Å². The highest BCUT2D eigenvalue weighted by Gasteiger charge is 2.59. The van der Waals surface area contributed by atoms with Gasteiger partial charge in [-0.2, -0.15) is 0 Å². The summed E-state index contributed by atoms with van der Waals surface area (Å²) in [5.74, 6) is -1.39. The third-order valence-electron chi connectivity index (χ3n) is 4.88. The van der Waals surface area contributed by atoms with Crippen molar-refractivity contribution in [1.29, 1.82) is 0 Å². The molecular weight excluding hydrogens is 324 g/mol. The van der Waals surface area contributed by atoms with Gasteiger partial charge in [0.25, 0.3) is 0 Å². The Morgan fingerprint density at radius 2 is 1.36 bits per heavy atom. The molecule has 0 heterocycles. The molecule has 0 aliphatic heterocycles. The van der Waals surface area contributed by atoms with Gasteiger partial charge in [-0.3, -0.25) is 14.4 Å². The molecule has 0 atom stereocenters. The number of esters is 2. The Hall–Kier alpha value is -1.59. The molecule has 1 aliphatic rings. The van der Waals surface area contributed by atoms with Gasteiger partial charge in [-0.05, 0) is 32.1 Å². The molecule has 0 aromatic carbocycles. The van der Waals surface area contributed by atoms with Gasteiger partial charge in [0.15, 0.2) is 0 Å². The molecule has 0 bridgehead atoms. The maximum Gasteiger partial charge on any atom is 0.309 e. The van der Waals surface area contributed by atoms with Crippen LogP contribution in [-0.2, 0) is 23.9 Å². The zero-order chi connectivity index (χ0) is 18.9. The lowest BCUT2D eigenvalue weighted by Gasteiger charge is -2.53. The zero-order valence-electron chi connectivity index (χ0n) is 15.8. The number of carboxylic acid groups (broad SMARTS) is 1. The first kappa shape index (κ1) is 21.5. The average Bonchev–Trinajstić information content (AvgIpc) is 2.53. The van der Waals surface area contributed by atoms with Crippen LogP contribution in [0.15, 0.2) is 0 Å². The van der Waals surface area contributed by atoms with E-state index in [0.29, 0.717) is 44.9 Å². The van der Waals surface area contributed by atoms with E-state index in [-0.39, 0.29) is 25.2 Å². The highest BCUT2D eigenvalue weighted by molar-refractivity contribution is 5.76. The molecule has 0 amide bonds. The SMILES string of the molecule is CCCCC1(C(=O)O)CC(COC(=O)CCC)(COC(=O)CCC)C1. The summed E-state index contributed by atoms with van der Waals surface area (Å²) < 4.78 is 10.7. The predicted molar refractivity (Wildman–Crippen MR) is 93.0 cm³/mol. The Morgan fingerprint density at radius 1 is 0.880 bits per heavy atom. The Bertz CT molecular complexity index is 441. The van der Waals surface area contributed by atoms with Crippen molar-refractivity contribution in [3.05, 3.63) is 0 Å². The molecule has 0 aromatic rings. The molecule has 1 aliphatic carbocycles. The molecule has 0 spiro atoms. The van der Waals surface area contributed by atoms with E-state index in [9.17, 15) is 19.5 Å². The number of rotatable bonds is 12. The third kappa shape index (κ3) is 6.01. The smallest absolute Gasteiger partial charge is 0.309 e. The van der Waals surface area contributed by atoms with Gasteiger partial charge in [-0.25, -0.2) is 0 Å². The topological polar surface area (TPSA) is 89.9 Å². The highest BCUT2D eigenvalue weighted by Crippen LogP contribution is 2.57. The van der Waals surface area contributed by atoms with Crippen molar-refractivity contribution in [2.75, 3.05) is 13.2 Å². The van der Waals surface area contributed by atoms with Crippen LogP contribution in [0.5, 0.6) is 0 Å². The van der Waals surface area contributed by atoms with Gasteiger partial charge in [-0.15, -0.1) is 0 Å². The summed E-state index contributed by atoms with van der Waals surface area (Å²) in [7, 11) is 0. The van der Waals surface area contributed by atoms with Crippen LogP contribution in [0.25, 0.3) is 0 Å². The fourth-order valence-electron chi connectivity index (χ4n) is 3.60. The fraction of sp³-hybridized carbons (Fsp3) is 0.842. The van der Waals surface area contributed by atoms with Crippen LogP contribution in [0.1, 0.15) is 78.6 Å². The van der Waals surface area contributed by atoms with Crippen molar-refractivity contribution in [2.45, 2.75) is 78.6 Å². The molecule has 0 radical (unpaired) electrons. The second kappa shape index (κ2) is 9.78. The van der Waals surface area contributed by atoms with Crippen molar-refractivity contribution in [3.8, 4) is 0 Å². The fourth-order valence-corrected chi connectivity index (χ4v) is 3.60. The quantitative estimate of drug-likeness (QED) is 0.536. The second-order valence-electron chi connectivity index (χ2n) is 7.36. The Labute approximate surface area is 150 Å². The maximum atomic E-state index is 11.8. The van der Waals surface area contributed by atoms with Crippen LogP contribution >= 0.6 is 0 Å². The monoisotopic (exact) mass is 356 g/mol. The summed E-state index contributed by atoms with van der Waals surface area (Å²) in [5.41, 5.74) is -1.36. The first-order valence-corrected chi connectivity index (χ1v) is 9.37. The number of carbonyl (C=O) groups excluding carboxylic acids is 2. The van der Waals surface area contributed by atoms with Crippen molar-refractivity contribution in [2.24, 2.45) is 10.8 Å². The van der Waals surface area contributed by atoms with Gasteiger partial charge in [0, 0.05) is 18.3 Å². The van der Waals surface area contributed by atoms with Crippen LogP contribution in [0.4, 0.5) is 0 Å². The Morgan fingerprint density at radius 3 is 1.72 bits per heavy atom. The molecule has 0 unspecified atom stereocenters. The van der Waals surface area contributed by atoms with Crippen LogP contribution in [0.3, 0.4) is 0 Å². The zero-order valence-corrected chi connectivity index (χ0v) is 15.8. The summed E-state index contributed by atoms with van der Waals surface area (Å²) in [4.78, 5) is 35.1. The van der Waals surface area contributed by atoms with E-state index in [1.807, 2.05) is 20.8 Å². The maximum absolute atomic E-state index is 11.8. The lowest BCUT2D eigenvalue weighted by molar-refractivity contribution is -0.187. The molecule has 1 saturated carbocycles. The molecule has 25 heavy (non-hydrogen) atoms. The van der Waals surface area contributed by atoms with Crippen LogP contribution in [-0.4, -0.2) is 36.2 Å². The normalized spacial score (nSPS) is 17.4. The largest absolute Gasteiger partial charge is 0.481 e. The lowest BCUT2D eigenvalue weighted by atomic mass is 9.51. The molecular formula is C19H32O6. The molecule has 0 saturated heterocycles. The van der Waals surface area contributed by atoms with E-state index in [2.05, 4.69) is 0 Å².